The van der Waals surface area contributed by atoms with Crippen molar-refractivity contribution >= 4 is 5.97 Å². The average Bonchev–Trinajstić information content (AvgIpc) is 2.53. The zero-order valence-corrected chi connectivity index (χ0v) is 6.34. The number of carbonyl (C=O) groups excluding carboxylic acids is 1. The maximum atomic E-state index is 11.1. The molecule has 0 aromatic carbocycles. The minimum absolute atomic E-state index is 0.207. The highest BCUT2D eigenvalue weighted by Crippen LogP contribution is 2.20. The van der Waals surface area contributed by atoms with Gasteiger partial charge in [0.15, 0.2) is 0 Å². The Bertz CT molecular complexity index is 275. The predicted octanol–water partition coefficient (Wildman–Crippen LogP) is 1.14. The Morgan fingerprint density at radius 2 is 2.08 bits per heavy atom. The highest BCUT2D eigenvalue weighted by molar-refractivity contribution is 5.78. The lowest BCUT2D eigenvalue weighted by Gasteiger charge is -2.17. The third kappa shape index (κ3) is 1.13. The molecule has 2 unspecified atom stereocenters. The molecule has 0 radical (unpaired) electrons. The van der Waals surface area contributed by atoms with E-state index in [0.29, 0.717) is 0 Å². The zero-order chi connectivity index (χ0) is 8.39. The number of cyclic esters (lactones) is 1. The van der Waals surface area contributed by atoms with Crippen LogP contribution in [-0.4, -0.2) is 12.1 Å². The van der Waals surface area contributed by atoms with Crippen molar-refractivity contribution in [3.8, 4) is 0 Å². The molecule has 0 bridgehead atoms. The molecule has 62 valence electrons. The lowest BCUT2D eigenvalue weighted by molar-refractivity contribution is -0.141. The van der Waals surface area contributed by atoms with E-state index in [1.807, 2.05) is 12.2 Å². The van der Waals surface area contributed by atoms with Gasteiger partial charge in [-0.2, -0.15) is 0 Å². The van der Waals surface area contributed by atoms with E-state index in [9.17, 15) is 4.79 Å². The second-order valence-corrected chi connectivity index (χ2v) is 2.61. The van der Waals surface area contributed by atoms with Gasteiger partial charge >= 0.3 is 5.97 Å². The van der Waals surface area contributed by atoms with Gasteiger partial charge in [0.25, 0.3) is 0 Å². The number of allylic oxidation sites excluding steroid dienone is 2. The maximum absolute atomic E-state index is 11.1. The minimum atomic E-state index is -0.286. The molecule has 0 aromatic heterocycles. The van der Waals surface area contributed by atoms with Crippen molar-refractivity contribution in [3.63, 3.8) is 0 Å². The summed E-state index contributed by atoms with van der Waals surface area (Å²) < 4.78 is 9.87. The highest BCUT2D eigenvalue weighted by atomic mass is 16.5. The van der Waals surface area contributed by atoms with Crippen molar-refractivity contribution in [2.75, 3.05) is 0 Å². The molecule has 0 N–H and O–H groups in total. The molecule has 0 aliphatic carbocycles. The molecule has 0 saturated heterocycles. The van der Waals surface area contributed by atoms with E-state index in [4.69, 9.17) is 4.74 Å². The van der Waals surface area contributed by atoms with Crippen molar-refractivity contribution in [1.82, 2.24) is 0 Å². The Balaban J connectivity index is 2.09. The SMILES string of the molecule is O=C1OC=CC1C1C=CC=CO1. The van der Waals surface area contributed by atoms with E-state index >= 15 is 0 Å². The Morgan fingerprint density at radius 3 is 2.67 bits per heavy atom. The summed E-state index contributed by atoms with van der Waals surface area (Å²) in [5.74, 6) is -0.536. The molecule has 2 atom stereocenters. The molecule has 0 aromatic rings. The van der Waals surface area contributed by atoms with Crippen molar-refractivity contribution < 1.29 is 14.3 Å². The van der Waals surface area contributed by atoms with Crippen LogP contribution in [0.25, 0.3) is 0 Å². The van der Waals surface area contributed by atoms with Crippen LogP contribution >= 0.6 is 0 Å². The van der Waals surface area contributed by atoms with Crippen molar-refractivity contribution in [3.05, 3.63) is 36.8 Å². The quantitative estimate of drug-likeness (QED) is 0.545. The van der Waals surface area contributed by atoms with Crippen molar-refractivity contribution in [1.29, 1.82) is 0 Å². The van der Waals surface area contributed by atoms with Crippen LogP contribution in [0.15, 0.2) is 36.8 Å². The minimum Gasteiger partial charge on any atom is -0.493 e. The van der Waals surface area contributed by atoms with Crippen LogP contribution in [0.4, 0.5) is 0 Å². The summed E-state index contributed by atoms with van der Waals surface area (Å²) in [5, 5.41) is 0. The van der Waals surface area contributed by atoms with E-state index in [0.717, 1.165) is 0 Å². The fraction of sp³-hybridized carbons (Fsp3) is 0.222. The van der Waals surface area contributed by atoms with Gasteiger partial charge in [0.1, 0.15) is 12.0 Å². The smallest absolute Gasteiger partial charge is 0.321 e. The molecule has 2 aliphatic heterocycles. The van der Waals surface area contributed by atoms with Gasteiger partial charge in [-0.25, -0.2) is 0 Å². The number of hydrogen-bond donors (Lipinski definition) is 0. The van der Waals surface area contributed by atoms with Gasteiger partial charge in [0, 0.05) is 0 Å². The lowest BCUT2D eigenvalue weighted by Crippen LogP contribution is -2.24. The van der Waals surface area contributed by atoms with Gasteiger partial charge in [-0.1, -0.05) is 6.08 Å². The van der Waals surface area contributed by atoms with Gasteiger partial charge in [0.2, 0.25) is 0 Å². The Hall–Kier alpha value is -1.51. The summed E-state index contributed by atoms with van der Waals surface area (Å²) in [7, 11) is 0. The Kier molecular flexibility index (Phi) is 1.70. The van der Waals surface area contributed by atoms with Gasteiger partial charge in [-0.3, -0.25) is 4.79 Å². The van der Waals surface area contributed by atoms with Gasteiger partial charge in [-0.15, -0.1) is 0 Å². The van der Waals surface area contributed by atoms with Gasteiger partial charge in [0.05, 0.1) is 12.5 Å². The van der Waals surface area contributed by atoms with Crippen molar-refractivity contribution in [2.45, 2.75) is 6.10 Å². The highest BCUT2D eigenvalue weighted by Gasteiger charge is 2.30. The molecule has 0 fully saturated rings. The van der Waals surface area contributed by atoms with Crippen LogP contribution in [0.3, 0.4) is 0 Å². The number of esters is 1. The molecule has 0 amide bonds. The van der Waals surface area contributed by atoms with Crippen LogP contribution in [0, 0.1) is 5.92 Å². The molecular formula is C9H8O3. The summed E-state index contributed by atoms with van der Waals surface area (Å²) in [5.41, 5.74) is 0. The summed E-state index contributed by atoms with van der Waals surface area (Å²) in [4.78, 5) is 11.1. The first kappa shape index (κ1) is 7.16. The second-order valence-electron chi connectivity index (χ2n) is 2.61. The van der Waals surface area contributed by atoms with Crippen LogP contribution in [0.2, 0.25) is 0 Å². The van der Waals surface area contributed by atoms with E-state index in [1.54, 1.807) is 18.4 Å². The van der Waals surface area contributed by atoms with Crippen LogP contribution in [0.5, 0.6) is 0 Å². The Morgan fingerprint density at radius 1 is 1.17 bits per heavy atom. The molecule has 3 nitrogen and oxygen atoms in total. The van der Waals surface area contributed by atoms with E-state index < -0.39 is 0 Å². The molecule has 3 heteroatoms. The molecule has 2 rings (SSSR count). The first-order valence-corrected chi connectivity index (χ1v) is 3.74. The van der Waals surface area contributed by atoms with Gasteiger partial charge < -0.3 is 9.47 Å². The third-order valence-electron chi connectivity index (χ3n) is 1.82. The van der Waals surface area contributed by atoms with E-state index in [-0.39, 0.29) is 18.0 Å². The summed E-state index contributed by atoms with van der Waals surface area (Å²) in [6.45, 7) is 0. The normalized spacial score (nSPS) is 31.8. The molecule has 2 heterocycles. The first-order valence-electron chi connectivity index (χ1n) is 3.74. The fourth-order valence-electron chi connectivity index (χ4n) is 1.20. The summed E-state index contributed by atoms with van der Waals surface area (Å²) in [6.07, 6.45) is 9.94. The topological polar surface area (TPSA) is 35.5 Å². The number of carbonyl (C=O) groups is 1. The monoisotopic (exact) mass is 164 g/mol. The Labute approximate surface area is 70.0 Å². The number of ether oxygens (including phenoxy) is 2. The molecule has 0 saturated carbocycles. The largest absolute Gasteiger partial charge is 0.493 e. The zero-order valence-electron chi connectivity index (χ0n) is 6.34. The van der Waals surface area contributed by atoms with E-state index in [1.165, 1.54) is 6.26 Å². The third-order valence-corrected chi connectivity index (χ3v) is 1.82. The predicted molar refractivity (Wildman–Crippen MR) is 41.9 cm³/mol. The second kappa shape index (κ2) is 2.85. The van der Waals surface area contributed by atoms with Crippen LogP contribution < -0.4 is 0 Å². The standard InChI is InChI=1S/C9H8O3/c10-9-7(4-6-12-9)8-3-1-2-5-11-8/h1-8H. The van der Waals surface area contributed by atoms with Crippen LogP contribution in [0.1, 0.15) is 0 Å². The first-order chi connectivity index (χ1) is 5.88. The summed E-state index contributed by atoms with van der Waals surface area (Å²) >= 11 is 0. The number of hydrogen-bond acceptors (Lipinski definition) is 3. The average molecular weight is 164 g/mol. The van der Waals surface area contributed by atoms with Crippen LogP contribution in [-0.2, 0) is 14.3 Å². The van der Waals surface area contributed by atoms with Crippen molar-refractivity contribution in [2.24, 2.45) is 5.92 Å². The summed E-state index contributed by atoms with van der Waals surface area (Å²) in [6, 6.07) is 0. The molecule has 2 aliphatic rings. The fourth-order valence-corrected chi connectivity index (χ4v) is 1.20. The lowest BCUT2D eigenvalue weighted by atomic mass is 10.0. The van der Waals surface area contributed by atoms with Gasteiger partial charge in [-0.05, 0) is 18.2 Å². The molecule has 0 spiro atoms. The van der Waals surface area contributed by atoms with E-state index in [2.05, 4.69) is 4.74 Å². The number of rotatable bonds is 1. The molecular weight excluding hydrogens is 156 g/mol. The molecule has 12 heavy (non-hydrogen) atoms. The maximum Gasteiger partial charge on any atom is 0.321 e.